The first kappa shape index (κ1) is 14.9. The number of unbranched alkanes of at least 4 members (excludes halogenated alkanes) is 1. The third-order valence-corrected chi connectivity index (χ3v) is 3.00. The highest BCUT2D eigenvalue weighted by atomic mass is 79.9. The third-order valence-electron chi connectivity index (χ3n) is 3.00. The Balaban J connectivity index is 0. The van der Waals surface area contributed by atoms with Crippen molar-refractivity contribution in [1.82, 2.24) is 0 Å². The number of nitrogens with zero attached hydrogens (tertiary/aromatic N) is 1. The maximum Gasteiger partial charge on any atom is 0.0786 e. The molecule has 0 aromatic carbocycles. The van der Waals surface area contributed by atoms with E-state index in [1.54, 1.807) is 0 Å². The maximum absolute atomic E-state index is 2.31. The molecule has 0 rings (SSSR count). The second-order valence-electron chi connectivity index (χ2n) is 3.37. The van der Waals surface area contributed by atoms with E-state index in [2.05, 4.69) is 27.7 Å². The number of rotatable bonds is 6. The molecular weight excluding hydrogens is 214 g/mol. The molecule has 0 aliphatic heterocycles. The van der Waals surface area contributed by atoms with Gasteiger partial charge in [-0.15, -0.1) is 0 Å². The Hall–Kier alpha value is 0.440. The van der Waals surface area contributed by atoms with Crippen LogP contribution in [0.1, 0.15) is 40.5 Å². The molecule has 0 atom stereocenters. The van der Waals surface area contributed by atoms with Crippen molar-refractivity contribution in [3.05, 3.63) is 0 Å². The molecule has 0 aromatic rings. The summed E-state index contributed by atoms with van der Waals surface area (Å²) in [5.41, 5.74) is 0. The Bertz CT molecular complexity index is 81.6. The van der Waals surface area contributed by atoms with Crippen molar-refractivity contribution in [1.29, 1.82) is 0 Å². The minimum atomic E-state index is 0. The van der Waals surface area contributed by atoms with Crippen molar-refractivity contribution in [2.75, 3.05) is 26.2 Å². The summed E-state index contributed by atoms with van der Waals surface area (Å²) >= 11 is 0. The lowest BCUT2D eigenvalue weighted by atomic mass is 10.2. The Labute approximate surface area is 88.5 Å². The van der Waals surface area contributed by atoms with Crippen molar-refractivity contribution >= 4 is 0 Å². The maximum atomic E-state index is 2.31. The first-order chi connectivity index (χ1) is 5.24. The molecule has 76 valence electrons. The quantitative estimate of drug-likeness (QED) is 0.556. The second-order valence-corrected chi connectivity index (χ2v) is 3.37. The van der Waals surface area contributed by atoms with Crippen LogP contribution >= 0.6 is 0 Å². The smallest absolute Gasteiger partial charge is 0.0786 e. The van der Waals surface area contributed by atoms with E-state index in [0.717, 1.165) is 0 Å². The fourth-order valence-electron chi connectivity index (χ4n) is 1.64. The van der Waals surface area contributed by atoms with E-state index in [1.165, 1.54) is 43.5 Å². The van der Waals surface area contributed by atoms with Gasteiger partial charge in [0.2, 0.25) is 0 Å². The fourth-order valence-corrected chi connectivity index (χ4v) is 1.64. The number of hydrogen-bond donors (Lipinski definition) is 0. The van der Waals surface area contributed by atoms with Crippen LogP contribution in [0.15, 0.2) is 0 Å². The van der Waals surface area contributed by atoms with Crippen LogP contribution in [0.3, 0.4) is 0 Å². The molecule has 0 fully saturated rings. The van der Waals surface area contributed by atoms with Crippen LogP contribution in [0, 0.1) is 0 Å². The van der Waals surface area contributed by atoms with Gasteiger partial charge in [-0.2, -0.15) is 0 Å². The highest BCUT2D eigenvalue weighted by Gasteiger charge is 2.18. The summed E-state index contributed by atoms with van der Waals surface area (Å²) in [6, 6.07) is 0. The summed E-state index contributed by atoms with van der Waals surface area (Å²) in [6.45, 7) is 14.5. The fraction of sp³-hybridized carbons (Fsp3) is 1.00. The minimum Gasteiger partial charge on any atom is -1.00 e. The minimum absolute atomic E-state index is 0. The molecule has 0 aromatic heterocycles. The van der Waals surface area contributed by atoms with Crippen LogP contribution in [0.5, 0.6) is 0 Å². The normalized spacial score (nSPS) is 11.0. The lowest BCUT2D eigenvalue weighted by molar-refractivity contribution is -0.923. The Morgan fingerprint density at radius 3 is 1.50 bits per heavy atom. The molecule has 0 spiro atoms. The standard InChI is InChI=1S/C10H24N.BrH/c1-5-9-10-11(6-2,7-3)8-4;/h5-10H2,1-4H3;1H/q+1;/p-1. The molecule has 2 heteroatoms. The van der Waals surface area contributed by atoms with Gasteiger partial charge < -0.3 is 21.5 Å². The van der Waals surface area contributed by atoms with E-state index in [1.807, 2.05) is 0 Å². The van der Waals surface area contributed by atoms with E-state index < -0.39 is 0 Å². The molecule has 0 saturated carbocycles. The summed E-state index contributed by atoms with van der Waals surface area (Å²) in [6.07, 6.45) is 2.72. The molecule has 0 bridgehead atoms. The molecule has 0 amide bonds. The summed E-state index contributed by atoms with van der Waals surface area (Å²) < 4.78 is 1.31. The van der Waals surface area contributed by atoms with Crippen LogP contribution in [-0.4, -0.2) is 30.7 Å². The van der Waals surface area contributed by atoms with Crippen molar-refractivity contribution < 1.29 is 21.5 Å². The SMILES string of the molecule is CCCC[N+](CC)(CC)CC.[Br-]. The van der Waals surface area contributed by atoms with Gasteiger partial charge in [-0.3, -0.25) is 0 Å². The zero-order chi connectivity index (χ0) is 8.74. The van der Waals surface area contributed by atoms with Gasteiger partial charge in [-0.05, 0) is 27.2 Å². The molecule has 0 radical (unpaired) electrons. The van der Waals surface area contributed by atoms with Crippen molar-refractivity contribution in [3.63, 3.8) is 0 Å². The monoisotopic (exact) mass is 237 g/mol. The molecule has 1 nitrogen and oxygen atoms in total. The highest BCUT2D eigenvalue weighted by Crippen LogP contribution is 2.07. The molecule has 0 unspecified atom stereocenters. The van der Waals surface area contributed by atoms with E-state index in [0.29, 0.717) is 0 Å². The number of halogens is 1. The lowest BCUT2D eigenvalue weighted by Crippen LogP contribution is -3.00. The molecule has 0 saturated heterocycles. The number of quaternary nitrogens is 1. The van der Waals surface area contributed by atoms with E-state index >= 15 is 0 Å². The Kier molecular flexibility index (Phi) is 10.0. The van der Waals surface area contributed by atoms with Crippen molar-refractivity contribution in [2.45, 2.75) is 40.5 Å². The molecule has 0 aliphatic carbocycles. The van der Waals surface area contributed by atoms with Crippen molar-refractivity contribution in [2.24, 2.45) is 0 Å². The molecular formula is C10H24BrN. The van der Waals surface area contributed by atoms with E-state index in [-0.39, 0.29) is 17.0 Å². The largest absolute Gasteiger partial charge is 1.00 e. The summed E-state index contributed by atoms with van der Waals surface area (Å²) in [5.74, 6) is 0. The van der Waals surface area contributed by atoms with E-state index in [9.17, 15) is 0 Å². The van der Waals surface area contributed by atoms with Crippen LogP contribution in [0.2, 0.25) is 0 Å². The zero-order valence-electron chi connectivity index (χ0n) is 9.07. The third kappa shape index (κ3) is 4.46. The first-order valence-electron chi connectivity index (χ1n) is 5.09. The molecule has 12 heavy (non-hydrogen) atoms. The Morgan fingerprint density at radius 1 is 0.833 bits per heavy atom. The van der Waals surface area contributed by atoms with E-state index in [4.69, 9.17) is 0 Å². The van der Waals surface area contributed by atoms with Gasteiger partial charge in [-0.25, -0.2) is 0 Å². The average Bonchev–Trinajstić information content (AvgIpc) is 2.08. The molecule has 0 heterocycles. The van der Waals surface area contributed by atoms with Crippen LogP contribution < -0.4 is 17.0 Å². The highest BCUT2D eigenvalue weighted by molar-refractivity contribution is 4.38. The lowest BCUT2D eigenvalue weighted by Gasteiger charge is -2.35. The molecule has 0 aliphatic rings. The predicted molar refractivity (Wildman–Crippen MR) is 51.7 cm³/mol. The Morgan fingerprint density at radius 2 is 1.25 bits per heavy atom. The zero-order valence-corrected chi connectivity index (χ0v) is 10.7. The van der Waals surface area contributed by atoms with Crippen LogP contribution in [-0.2, 0) is 0 Å². The van der Waals surface area contributed by atoms with Crippen LogP contribution in [0.4, 0.5) is 0 Å². The van der Waals surface area contributed by atoms with Gasteiger partial charge in [0.25, 0.3) is 0 Å². The topological polar surface area (TPSA) is 0 Å². The van der Waals surface area contributed by atoms with Gasteiger partial charge >= 0.3 is 0 Å². The predicted octanol–water partition coefficient (Wildman–Crippen LogP) is -0.333. The van der Waals surface area contributed by atoms with Crippen molar-refractivity contribution in [3.8, 4) is 0 Å². The summed E-state index contributed by atoms with van der Waals surface area (Å²) in [5, 5.41) is 0. The van der Waals surface area contributed by atoms with Gasteiger partial charge in [0.1, 0.15) is 0 Å². The molecule has 0 N–H and O–H groups in total. The number of hydrogen-bond acceptors (Lipinski definition) is 0. The van der Waals surface area contributed by atoms with Crippen LogP contribution in [0.25, 0.3) is 0 Å². The van der Waals surface area contributed by atoms with Gasteiger partial charge in [-0.1, -0.05) is 13.3 Å². The first-order valence-corrected chi connectivity index (χ1v) is 5.09. The summed E-state index contributed by atoms with van der Waals surface area (Å²) in [7, 11) is 0. The van der Waals surface area contributed by atoms with Gasteiger partial charge in [0.05, 0.1) is 26.2 Å². The second kappa shape index (κ2) is 8.06. The van der Waals surface area contributed by atoms with Gasteiger partial charge in [0.15, 0.2) is 0 Å². The van der Waals surface area contributed by atoms with Gasteiger partial charge in [0, 0.05) is 0 Å². The average molecular weight is 238 g/mol. The summed E-state index contributed by atoms with van der Waals surface area (Å²) in [4.78, 5) is 0.